The largest absolute Gasteiger partial charge is 0.462 e. The van der Waals surface area contributed by atoms with Crippen LogP contribution in [0.5, 0.6) is 0 Å². The molecule has 12 heavy (non-hydrogen) atoms. The molecular formula is C9H12O3. The number of ether oxygens (including phenoxy) is 1. The van der Waals surface area contributed by atoms with Crippen LogP contribution in [-0.4, -0.2) is 18.4 Å². The van der Waals surface area contributed by atoms with Crippen molar-refractivity contribution in [1.29, 1.82) is 0 Å². The van der Waals surface area contributed by atoms with Crippen molar-refractivity contribution in [2.45, 2.75) is 25.9 Å². The molecule has 0 aromatic heterocycles. The van der Waals surface area contributed by atoms with Gasteiger partial charge in [0.1, 0.15) is 12.4 Å². The van der Waals surface area contributed by atoms with Crippen molar-refractivity contribution in [3.8, 4) is 0 Å². The standard InChI is InChI=1S/C9H12O3/c1-5-2-8-6(7(5)4-10)3-9(11)12-8/h4-8H,2-3H2,1H3/t5-,6-,7+,8+/m0/s1. The summed E-state index contributed by atoms with van der Waals surface area (Å²) in [5.74, 6) is 0.459. The summed E-state index contributed by atoms with van der Waals surface area (Å²) in [5, 5.41) is 0. The van der Waals surface area contributed by atoms with Crippen molar-refractivity contribution >= 4 is 12.3 Å². The number of fused-ring (bicyclic) bond motifs is 1. The maximum atomic E-state index is 10.9. The molecule has 1 heterocycles. The zero-order valence-electron chi connectivity index (χ0n) is 7.03. The van der Waals surface area contributed by atoms with E-state index in [4.69, 9.17) is 4.74 Å². The van der Waals surface area contributed by atoms with Crippen LogP contribution in [-0.2, 0) is 14.3 Å². The summed E-state index contributed by atoms with van der Waals surface area (Å²) in [5.41, 5.74) is 0. The third-order valence-corrected chi connectivity index (χ3v) is 3.08. The van der Waals surface area contributed by atoms with Crippen molar-refractivity contribution in [1.82, 2.24) is 0 Å². The first kappa shape index (κ1) is 7.77. The van der Waals surface area contributed by atoms with Crippen molar-refractivity contribution < 1.29 is 14.3 Å². The average molecular weight is 168 g/mol. The van der Waals surface area contributed by atoms with E-state index in [0.29, 0.717) is 12.3 Å². The highest BCUT2D eigenvalue weighted by molar-refractivity contribution is 5.73. The van der Waals surface area contributed by atoms with Gasteiger partial charge in [-0.3, -0.25) is 4.79 Å². The SMILES string of the molecule is C[C@H]1C[C@H]2OC(=O)C[C@H]2[C@@H]1C=O. The Balaban J connectivity index is 2.16. The average Bonchev–Trinajstić information content (AvgIpc) is 2.43. The van der Waals surface area contributed by atoms with E-state index in [-0.39, 0.29) is 23.9 Å². The van der Waals surface area contributed by atoms with Gasteiger partial charge in [-0.25, -0.2) is 0 Å². The van der Waals surface area contributed by atoms with E-state index < -0.39 is 0 Å². The number of carbonyl (C=O) groups excluding carboxylic acids is 2. The molecular weight excluding hydrogens is 156 g/mol. The van der Waals surface area contributed by atoms with Crippen LogP contribution in [0.4, 0.5) is 0 Å². The fraction of sp³-hybridized carbons (Fsp3) is 0.778. The van der Waals surface area contributed by atoms with E-state index >= 15 is 0 Å². The first-order chi connectivity index (χ1) is 5.72. The minimum Gasteiger partial charge on any atom is -0.462 e. The quantitative estimate of drug-likeness (QED) is 0.429. The maximum absolute atomic E-state index is 10.9. The van der Waals surface area contributed by atoms with Crippen LogP contribution in [0.15, 0.2) is 0 Å². The van der Waals surface area contributed by atoms with Crippen LogP contribution in [0.1, 0.15) is 19.8 Å². The molecule has 2 fully saturated rings. The Morgan fingerprint density at radius 1 is 1.58 bits per heavy atom. The number of carbonyl (C=O) groups is 2. The van der Waals surface area contributed by atoms with Gasteiger partial charge in [0, 0.05) is 11.8 Å². The Morgan fingerprint density at radius 2 is 2.33 bits per heavy atom. The molecule has 2 rings (SSSR count). The molecule has 3 heteroatoms. The zero-order chi connectivity index (χ0) is 8.72. The molecule has 66 valence electrons. The minimum absolute atomic E-state index is 0.0303. The third kappa shape index (κ3) is 0.958. The van der Waals surface area contributed by atoms with Gasteiger partial charge >= 0.3 is 5.97 Å². The monoisotopic (exact) mass is 168 g/mol. The molecule has 0 radical (unpaired) electrons. The molecule has 1 aliphatic heterocycles. The topological polar surface area (TPSA) is 43.4 Å². The number of esters is 1. The highest BCUT2D eigenvalue weighted by Gasteiger charge is 2.48. The molecule has 4 atom stereocenters. The van der Waals surface area contributed by atoms with Gasteiger partial charge in [0.05, 0.1) is 6.42 Å². The van der Waals surface area contributed by atoms with Crippen LogP contribution in [0, 0.1) is 17.8 Å². The summed E-state index contributed by atoms with van der Waals surface area (Å²) in [4.78, 5) is 21.6. The van der Waals surface area contributed by atoms with Gasteiger partial charge in [0.15, 0.2) is 0 Å². The predicted molar refractivity (Wildman–Crippen MR) is 41.3 cm³/mol. The van der Waals surface area contributed by atoms with Gasteiger partial charge < -0.3 is 9.53 Å². The van der Waals surface area contributed by atoms with Crippen molar-refractivity contribution in [3.63, 3.8) is 0 Å². The highest BCUT2D eigenvalue weighted by Crippen LogP contribution is 2.43. The van der Waals surface area contributed by atoms with Gasteiger partial charge in [0.25, 0.3) is 0 Å². The van der Waals surface area contributed by atoms with Gasteiger partial charge in [-0.05, 0) is 12.3 Å². The van der Waals surface area contributed by atoms with E-state index in [1.807, 2.05) is 6.92 Å². The molecule has 0 unspecified atom stereocenters. The highest BCUT2D eigenvalue weighted by atomic mass is 16.6. The molecule has 0 bridgehead atoms. The van der Waals surface area contributed by atoms with Gasteiger partial charge in [-0.15, -0.1) is 0 Å². The number of hydrogen-bond acceptors (Lipinski definition) is 3. The molecule has 0 N–H and O–H groups in total. The number of rotatable bonds is 1. The molecule has 0 aromatic rings. The molecule has 2 aliphatic rings. The first-order valence-electron chi connectivity index (χ1n) is 4.37. The number of aldehydes is 1. The minimum atomic E-state index is -0.135. The van der Waals surface area contributed by atoms with Crippen LogP contribution in [0.2, 0.25) is 0 Å². The van der Waals surface area contributed by atoms with Crippen molar-refractivity contribution in [2.75, 3.05) is 0 Å². The summed E-state index contributed by atoms with van der Waals surface area (Å²) < 4.78 is 5.09. The van der Waals surface area contributed by atoms with Crippen molar-refractivity contribution in [2.24, 2.45) is 17.8 Å². The summed E-state index contributed by atoms with van der Waals surface area (Å²) in [6, 6.07) is 0. The van der Waals surface area contributed by atoms with E-state index in [1.165, 1.54) is 0 Å². The Hall–Kier alpha value is -0.860. The van der Waals surface area contributed by atoms with Gasteiger partial charge in [0.2, 0.25) is 0 Å². The second kappa shape index (κ2) is 2.57. The van der Waals surface area contributed by atoms with Crippen LogP contribution in [0.3, 0.4) is 0 Å². The molecule has 1 aliphatic carbocycles. The first-order valence-corrected chi connectivity index (χ1v) is 4.37. The van der Waals surface area contributed by atoms with Gasteiger partial charge in [-0.1, -0.05) is 6.92 Å². The Bertz CT molecular complexity index is 224. The Labute approximate surface area is 71.1 Å². The fourth-order valence-electron chi connectivity index (χ4n) is 2.42. The molecule has 0 spiro atoms. The summed E-state index contributed by atoms with van der Waals surface area (Å²) in [7, 11) is 0. The fourth-order valence-corrected chi connectivity index (χ4v) is 2.42. The smallest absolute Gasteiger partial charge is 0.306 e. The molecule has 1 saturated carbocycles. The summed E-state index contributed by atoms with van der Waals surface area (Å²) >= 11 is 0. The maximum Gasteiger partial charge on any atom is 0.306 e. The lowest BCUT2D eigenvalue weighted by atomic mass is 9.90. The van der Waals surface area contributed by atoms with E-state index in [1.54, 1.807) is 0 Å². The van der Waals surface area contributed by atoms with Gasteiger partial charge in [-0.2, -0.15) is 0 Å². The lowest BCUT2D eigenvalue weighted by molar-refractivity contribution is -0.141. The van der Waals surface area contributed by atoms with Crippen LogP contribution in [0.25, 0.3) is 0 Å². The molecule has 1 saturated heterocycles. The zero-order valence-corrected chi connectivity index (χ0v) is 7.03. The molecule has 0 amide bonds. The molecule has 0 aromatic carbocycles. The second-order valence-corrected chi connectivity index (χ2v) is 3.82. The predicted octanol–water partition coefficient (Wildman–Crippen LogP) is 0.773. The van der Waals surface area contributed by atoms with Crippen molar-refractivity contribution in [3.05, 3.63) is 0 Å². The molecule has 3 nitrogen and oxygen atoms in total. The normalized spacial score (nSPS) is 45.6. The van der Waals surface area contributed by atoms with E-state index in [2.05, 4.69) is 0 Å². The van der Waals surface area contributed by atoms with Crippen LogP contribution >= 0.6 is 0 Å². The van der Waals surface area contributed by atoms with E-state index in [0.717, 1.165) is 12.7 Å². The Morgan fingerprint density at radius 3 is 3.00 bits per heavy atom. The van der Waals surface area contributed by atoms with E-state index in [9.17, 15) is 9.59 Å². The third-order valence-electron chi connectivity index (χ3n) is 3.08. The lowest BCUT2D eigenvalue weighted by Crippen LogP contribution is -2.16. The summed E-state index contributed by atoms with van der Waals surface area (Å²) in [6.07, 6.45) is 2.32. The second-order valence-electron chi connectivity index (χ2n) is 3.82. The lowest BCUT2D eigenvalue weighted by Gasteiger charge is -2.10. The Kier molecular flexibility index (Phi) is 1.67. The summed E-state index contributed by atoms with van der Waals surface area (Å²) in [6.45, 7) is 2.05. The van der Waals surface area contributed by atoms with Crippen LogP contribution < -0.4 is 0 Å². The number of hydrogen-bond donors (Lipinski definition) is 0.